The van der Waals surface area contributed by atoms with Crippen molar-refractivity contribution in [2.75, 3.05) is 0 Å². The first kappa shape index (κ1) is 11.0. The Hall–Kier alpha value is -1.45. The number of aliphatic imine (C=N–C) groups is 1. The van der Waals surface area contributed by atoms with E-state index in [1.165, 1.54) is 12.1 Å². The third-order valence-electron chi connectivity index (χ3n) is 2.88. The van der Waals surface area contributed by atoms with Gasteiger partial charge in [-0.1, -0.05) is 12.8 Å². The fourth-order valence-corrected chi connectivity index (χ4v) is 2.07. The summed E-state index contributed by atoms with van der Waals surface area (Å²) in [5, 5.41) is 0. The zero-order chi connectivity index (χ0) is 11.5. The van der Waals surface area contributed by atoms with Crippen molar-refractivity contribution in [2.45, 2.75) is 25.7 Å². The zero-order valence-electron chi connectivity index (χ0n) is 8.92. The summed E-state index contributed by atoms with van der Waals surface area (Å²) in [6, 6.07) is 3.20. The van der Waals surface area contributed by atoms with Crippen LogP contribution in [-0.2, 0) is 0 Å². The van der Waals surface area contributed by atoms with E-state index in [0.717, 1.165) is 31.7 Å². The normalized spacial score (nSPS) is 18.0. The lowest BCUT2D eigenvalue weighted by molar-refractivity contribution is 0.584. The van der Waals surface area contributed by atoms with Crippen molar-refractivity contribution in [3.05, 3.63) is 29.8 Å². The van der Waals surface area contributed by atoms with Gasteiger partial charge in [0.15, 0.2) is 0 Å². The molecule has 1 aliphatic carbocycles. The topological polar surface area (TPSA) is 38.4 Å². The minimum atomic E-state index is -0.627. The van der Waals surface area contributed by atoms with Gasteiger partial charge in [-0.15, -0.1) is 0 Å². The Bertz CT molecular complexity index is 389. The van der Waals surface area contributed by atoms with Crippen molar-refractivity contribution in [3.8, 4) is 0 Å². The summed E-state index contributed by atoms with van der Waals surface area (Å²) in [5.74, 6) is -0.496. The van der Waals surface area contributed by atoms with E-state index < -0.39 is 11.6 Å². The number of nitrogens with zero attached hydrogens (tertiary/aromatic N) is 1. The van der Waals surface area contributed by atoms with Crippen molar-refractivity contribution in [1.29, 1.82) is 0 Å². The Morgan fingerprint density at radius 3 is 2.25 bits per heavy atom. The highest BCUT2D eigenvalue weighted by Crippen LogP contribution is 2.26. The molecule has 1 fully saturated rings. The van der Waals surface area contributed by atoms with E-state index in [-0.39, 0.29) is 11.6 Å². The van der Waals surface area contributed by atoms with Crippen LogP contribution in [0.4, 0.5) is 14.5 Å². The number of hydrogen-bond donors (Lipinski definition) is 1. The minimum absolute atomic E-state index is 0.252. The summed E-state index contributed by atoms with van der Waals surface area (Å²) in [6.07, 6.45) is 4.34. The van der Waals surface area contributed by atoms with Gasteiger partial charge in [-0.25, -0.2) is 13.8 Å². The zero-order valence-corrected chi connectivity index (χ0v) is 8.92. The lowest BCUT2D eigenvalue weighted by atomic mass is 10.1. The van der Waals surface area contributed by atoms with Gasteiger partial charge in [-0.05, 0) is 25.0 Å². The first-order valence-electron chi connectivity index (χ1n) is 5.45. The molecule has 1 aliphatic rings. The fourth-order valence-electron chi connectivity index (χ4n) is 2.07. The second kappa shape index (κ2) is 4.60. The maximum atomic E-state index is 12.9. The lowest BCUT2D eigenvalue weighted by Gasteiger charge is -2.07. The highest BCUT2D eigenvalue weighted by atomic mass is 19.1. The molecule has 0 aliphatic heterocycles. The summed E-state index contributed by atoms with van der Waals surface area (Å²) in [6.45, 7) is 0. The highest BCUT2D eigenvalue weighted by molar-refractivity contribution is 5.85. The van der Waals surface area contributed by atoms with Gasteiger partial charge in [0.25, 0.3) is 0 Å². The van der Waals surface area contributed by atoms with Crippen LogP contribution in [-0.4, -0.2) is 5.84 Å². The van der Waals surface area contributed by atoms with Crippen LogP contribution in [0.1, 0.15) is 25.7 Å². The molecular weight excluding hydrogens is 210 g/mol. The molecule has 0 unspecified atom stereocenters. The van der Waals surface area contributed by atoms with E-state index in [1.807, 2.05) is 0 Å². The molecule has 0 radical (unpaired) electrons. The molecule has 0 bridgehead atoms. The molecular formula is C12H14F2N2. The molecule has 0 heterocycles. The Kier molecular flexibility index (Phi) is 3.17. The molecule has 2 nitrogen and oxygen atoms in total. The smallest absolute Gasteiger partial charge is 0.128 e. The lowest BCUT2D eigenvalue weighted by Crippen LogP contribution is -2.20. The number of halogens is 2. The molecule has 1 aromatic carbocycles. The summed E-state index contributed by atoms with van der Waals surface area (Å²) in [7, 11) is 0. The van der Waals surface area contributed by atoms with Crippen LogP contribution in [0.25, 0.3) is 0 Å². The molecule has 0 saturated heterocycles. The van der Waals surface area contributed by atoms with E-state index in [2.05, 4.69) is 4.99 Å². The van der Waals surface area contributed by atoms with Crippen molar-refractivity contribution < 1.29 is 8.78 Å². The van der Waals surface area contributed by atoms with Crippen LogP contribution in [0.5, 0.6) is 0 Å². The molecule has 1 saturated carbocycles. The SMILES string of the molecule is NC(=Nc1cc(F)cc(F)c1)C1CCCC1. The molecule has 0 atom stereocenters. The number of nitrogens with two attached hydrogens (primary N) is 1. The number of benzene rings is 1. The predicted molar refractivity (Wildman–Crippen MR) is 59.6 cm³/mol. The van der Waals surface area contributed by atoms with E-state index in [0.29, 0.717) is 5.84 Å². The van der Waals surface area contributed by atoms with Gasteiger partial charge in [0.2, 0.25) is 0 Å². The Labute approximate surface area is 93.2 Å². The third-order valence-corrected chi connectivity index (χ3v) is 2.88. The third kappa shape index (κ3) is 2.56. The second-order valence-electron chi connectivity index (χ2n) is 4.15. The predicted octanol–water partition coefficient (Wildman–Crippen LogP) is 3.14. The summed E-state index contributed by atoms with van der Waals surface area (Å²) in [4.78, 5) is 4.08. The number of rotatable bonds is 2. The Balaban J connectivity index is 2.20. The van der Waals surface area contributed by atoms with Crippen molar-refractivity contribution in [3.63, 3.8) is 0 Å². The average Bonchev–Trinajstić information content (AvgIpc) is 2.68. The van der Waals surface area contributed by atoms with Gasteiger partial charge in [0.1, 0.15) is 17.5 Å². The van der Waals surface area contributed by atoms with Crippen LogP contribution in [0.15, 0.2) is 23.2 Å². The Morgan fingerprint density at radius 2 is 1.69 bits per heavy atom. The van der Waals surface area contributed by atoms with Crippen LogP contribution in [0.3, 0.4) is 0 Å². The fraction of sp³-hybridized carbons (Fsp3) is 0.417. The molecule has 1 aromatic rings. The minimum Gasteiger partial charge on any atom is -0.387 e. The van der Waals surface area contributed by atoms with Gasteiger partial charge in [0, 0.05) is 12.0 Å². The van der Waals surface area contributed by atoms with Crippen molar-refractivity contribution >= 4 is 11.5 Å². The quantitative estimate of drug-likeness (QED) is 0.608. The summed E-state index contributed by atoms with van der Waals surface area (Å²) in [5.41, 5.74) is 6.07. The number of hydrogen-bond acceptors (Lipinski definition) is 1. The van der Waals surface area contributed by atoms with E-state index in [4.69, 9.17) is 5.73 Å². The van der Waals surface area contributed by atoms with E-state index >= 15 is 0 Å². The standard InChI is InChI=1S/C12H14F2N2/c13-9-5-10(14)7-11(6-9)16-12(15)8-3-1-2-4-8/h5-8H,1-4H2,(H2,15,16). The largest absolute Gasteiger partial charge is 0.387 e. The first-order valence-corrected chi connectivity index (χ1v) is 5.45. The van der Waals surface area contributed by atoms with Gasteiger partial charge in [0.05, 0.1) is 5.69 Å². The van der Waals surface area contributed by atoms with Crippen LogP contribution < -0.4 is 5.73 Å². The van der Waals surface area contributed by atoms with Gasteiger partial charge in [-0.2, -0.15) is 0 Å². The second-order valence-corrected chi connectivity index (χ2v) is 4.15. The van der Waals surface area contributed by atoms with Crippen molar-refractivity contribution in [2.24, 2.45) is 16.6 Å². The van der Waals surface area contributed by atoms with Gasteiger partial charge >= 0.3 is 0 Å². The summed E-state index contributed by atoms with van der Waals surface area (Å²) < 4.78 is 25.8. The maximum absolute atomic E-state index is 12.9. The molecule has 16 heavy (non-hydrogen) atoms. The molecule has 0 aromatic heterocycles. The molecule has 0 spiro atoms. The molecule has 4 heteroatoms. The Morgan fingerprint density at radius 1 is 1.12 bits per heavy atom. The van der Waals surface area contributed by atoms with Crippen LogP contribution in [0.2, 0.25) is 0 Å². The van der Waals surface area contributed by atoms with E-state index in [1.54, 1.807) is 0 Å². The molecule has 0 amide bonds. The number of amidine groups is 1. The molecule has 2 rings (SSSR count). The van der Waals surface area contributed by atoms with Crippen LogP contribution in [0, 0.1) is 17.6 Å². The van der Waals surface area contributed by atoms with Gasteiger partial charge < -0.3 is 5.73 Å². The monoisotopic (exact) mass is 224 g/mol. The van der Waals surface area contributed by atoms with Crippen molar-refractivity contribution in [1.82, 2.24) is 0 Å². The highest BCUT2D eigenvalue weighted by Gasteiger charge is 2.18. The van der Waals surface area contributed by atoms with E-state index in [9.17, 15) is 8.78 Å². The summed E-state index contributed by atoms with van der Waals surface area (Å²) >= 11 is 0. The molecule has 86 valence electrons. The van der Waals surface area contributed by atoms with Crippen LogP contribution >= 0.6 is 0 Å². The maximum Gasteiger partial charge on any atom is 0.128 e. The van der Waals surface area contributed by atoms with Gasteiger partial charge in [-0.3, -0.25) is 0 Å². The average molecular weight is 224 g/mol. The first-order chi connectivity index (χ1) is 7.65. The molecule has 2 N–H and O–H groups in total.